The summed E-state index contributed by atoms with van der Waals surface area (Å²) in [6, 6.07) is 10.00. The Morgan fingerprint density at radius 1 is 0.527 bits per heavy atom. The summed E-state index contributed by atoms with van der Waals surface area (Å²) in [6.07, 6.45) is 35.0. The van der Waals surface area contributed by atoms with Crippen molar-refractivity contribution in [1.29, 1.82) is 0 Å². The molecule has 1 aromatic rings. The number of carbonyl (C=O) groups excluding carboxylic acids is 2. The molecule has 0 bridgehead atoms. The maximum Gasteiger partial charge on any atom is 0.306 e. The molecule has 0 aromatic heterocycles. The summed E-state index contributed by atoms with van der Waals surface area (Å²) in [5.74, 6) is 7.92. The first-order valence-corrected chi connectivity index (χ1v) is 24.0. The Morgan fingerprint density at radius 3 is 1.45 bits per heavy atom. The van der Waals surface area contributed by atoms with Crippen LogP contribution >= 0.6 is 0 Å². The highest BCUT2D eigenvalue weighted by Crippen LogP contribution is 2.55. The van der Waals surface area contributed by atoms with E-state index in [0.717, 1.165) is 78.6 Å². The number of rotatable bonds is 35. The number of benzene rings is 1. The van der Waals surface area contributed by atoms with E-state index in [1.807, 2.05) is 30.3 Å². The van der Waals surface area contributed by atoms with Gasteiger partial charge in [0.2, 0.25) is 0 Å². The SMILES string of the molecule is CCCCCC1CC1CC1CC1CCCCCCCC(=O)OC[C@H](COCc1ccccc1)OC(=O)CCCCCCCC1CC1CC1CC1CCCCC. The molecule has 0 heterocycles. The fraction of sp³-hybridized carbons (Fsp3) is 0.840. The zero-order chi connectivity index (χ0) is 38.5. The summed E-state index contributed by atoms with van der Waals surface area (Å²) < 4.78 is 17.3. The molecule has 8 unspecified atom stereocenters. The highest BCUT2D eigenvalue weighted by atomic mass is 16.6. The van der Waals surface area contributed by atoms with Gasteiger partial charge in [-0.05, 0) is 104 Å². The molecule has 312 valence electrons. The van der Waals surface area contributed by atoms with Crippen LogP contribution in [0.15, 0.2) is 30.3 Å². The van der Waals surface area contributed by atoms with Gasteiger partial charge < -0.3 is 14.2 Å². The fourth-order valence-electron chi connectivity index (χ4n) is 9.81. The van der Waals surface area contributed by atoms with Gasteiger partial charge in [-0.15, -0.1) is 0 Å². The molecule has 55 heavy (non-hydrogen) atoms. The molecule has 4 fully saturated rings. The molecule has 4 aliphatic rings. The third kappa shape index (κ3) is 19.0. The molecule has 5 nitrogen and oxygen atoms in total. The van der Waals surface area contributed by atoms with E-state index in [2.05, 4.69) is 13.8 Å². The van der Waals surface area contributed by atoms with Crippen LogP contribution in [0.5, 0.6) is 0 Å². The molecule has 0 spiro atoms. The van der Waals surface area contributed by atoms with Crippen molar-refractivity contribution in [3.8, 4) is 0 Å². The van der Waals surface area contributed by atoms with Crippen molar-refractivity contribution >= 4 is 11.9 Å². The number of esters is 2. The first kappa shape index (κ1) is 44.2. The average Bonchev–Trinajstić information content (AvgIpc) is 4.02. The van der Waals surface area contributed by atoms with Crippen molar-refractivity contribution in [2.75, 3.05) is 13.2 Å². The van der Waals surface area contributed by atoms with Crippen LogP contribution in [0.1, 0.15) is 199 Å². The second kappa shape index (κ2) is 25.5. The molecule has 9 atom stereocenters. The van der Waals surface area contributed by atoms with E-state index >= 15 is 0 Å². The van der Waals surface area contributed by atoms with Crippen LogP contribution < -0.4 is 0 Å². The first-order chi connectivity index (χ1) is 27.0. The van der Waals surface area contributed by atoms with E-state index < -0.39 is 6.10 Å². The van der Waals surface area contributed by atoms with Crippen molar-refractivity contribution in [3.63, 3.8) is 0 Å². The first-order valence-electron chi connectivity index (χ1n) is 24.0. The van der Waals surface area contributed by atoms with Crippen LogP contribution in [0.25, 0.3) is 0 Å². The molecule has 0 aliphatic heterocycles. The van der Waals surface area contributed by atoms with Gasteiger partial charge in [-0.1, -0.05) is 160 Å². The zero-order valence-corrected chi connectivity index (χ0v) is 35.5. The van der Waals surface area contributed by atoms with Crippen LogP contribution in [0.3, 0.4) is 0 Å². The fourth-order valence-corrected chi connectivity index (χ4v) is 9.81. The molecule has 0 amide bonds. The predicted molar refractivity (Wildman–Crippen MR) is 225 cm³/mol. The summed E-state index contributed by atoms with van der Waals surface area (Å²) in [5.41, 5.74) is 1.07. The molecule has 1 aromatic carbocycles. The molecular formula is C50H82O5. The minimum absolute atomic E-state index is 0.0602. The van der Waals surface area contributed by atoms with Crippen LogP contribution in [-0.2, 0) is 30.4 Å². The monoisotopic (exact) mass is 763 g/mol. The van der Waals surface area contributed by atoms with Crippen LogP contribution in [0.2, 0.25) is 0 Å². The number of ether oxygens (including phenoxy) is 3. The quantitative estimate of drug-likeness (QED) is 0.0509. The Kier molecular flexibility index (Phi) is 20.5. The average molecular weight is 763 g/mol. The molecule has 0 N–H and O–H groups in total. The minimum atomic E-state index is -0.577. The van der Waals surface area contributed by atoms with Crippen molar-refractivity contribution in [2.24, 2.45) is 47.3 Å². The minimum Gasteiger partial charge on any atom is -0.462 e. The second-order valence-electron chi connectivity index (χ2n) is 18.9. The van der Waals surface area contributed by atoms with E-state index in [9.17, 15) is 9.59 Å². The Bertz CT molecular complexity index is 1180. The molecule has 4 aliphatic carbocycles. The summed E-state index contributed by atoms with van der Waals surface area (Å²) in [5, 5.41) is 0. The van der Waals surface area contributed by atoms with Gasteiger partial charge in [0.1, 0.15) is 6.61 Å². The predicted octanol–water partition coefficient (Wildman–Crippen LogP) is 13.6. The van der Waals surface area contributed by atoms with Crippen LogP contribution in [-0.4, -0.2) is 31.3 Å². The molecular weight excluding hydrogens is 681 g/mol. The third-order valence-corrected chi connectivity index (χ3v) is 13.9. The molecule has 5 heteroatoms. The zero-order valence-electron chi connectivity index (χ0n) is 35.5. The van der Waals surface area contributed by atoms with Crippen molar-refractivity contribution in [3.05, 3.63) is 35.9 Å². The number of carbonyl (C=O) groups is 2. The second-order valence-corrected chi connectivity index (χ2v) is 18.9. The van der Waals surface area contributed by atoms with Gasteiger partial charge in [-0.3, -0.25) is 9.59 Å². The van der Waals surface area contributed by atoms with E-state index in [1.165, 1.54) is 141 Å². The smallest absolute Gasteiger partial charge is 0.306 e. The number of hydrogen-bond acceptors (Lipinski definition) is 5. The van der Waals surface area contributed by atoms with Crippen LogP contribution in [0.4, 0.5) is 0 Å². The lowest BCUT2D eigenvalue weighted by molar-refractivity contribution is -0.163. The van der Waals surface area contributed by atoms with Gasteiger partial charge in [-0.2, -0.15) is 0 Å². The van der Waals surface area contributed by atoms with Gasteiger partial charge in [-0.25, -0.2) is 0 Å². The number of unbranched alkanes of at least 4 members (excludes halogenated alkanes) is 12. The lowest BCUT2D eigenvalue weighted by atomic mass is 10.0. The Labute approximate surface area is 337 Å². The normalized spacial score (nSPS) is 26.7. The van der Waals surface area contributed by atoms with Gasteiger partial charge in [0.05, 0.1) is 13.2 Å². The Hall–Kier alpha value is -1.88. The number of hydrogen-bond donors (Lipinski definition) is 0. The van der Waals surface area contributed by atoms with Gasteiger partial charge in [0.25, 0.3) is 0 Å². The Balaban J connectivity index is 0.847. The van der Waals surface area contributed by atoms with E-state index in [4.69, 9.17) is 14.2 Å². The van der Waals surface area contributed by atoms with E-state index in [-0.39, 0.29) is 25.2 Å². The molecule has 5 rings (SSSR count). The van der Waals surface area contributed by atoms with Gasteiger partial charge in [0.15, 0.2) is 6.10 Å². The van der Waals surface area contributed by atoms with Crippen LogP contribution in [0, 0.1) is 47.3 Å². The summed E-state index contributed by atoms with van der Waals surface area (Å²) in [7, 11) is 0. The molecule has 4 saturated carbocycles. The maximum absolute atomic E-state index is 12.8. The highest BCUT2D eigenvalue weighted by Gasteiger charge is 2.45. The highest BCUT2D eigenvalue weighted by molar-refractivity contribution is 5.70. The standard InChI is InChI=1S/C50H82O5/c1-3-5-14-24-40-30-44(40)34-46-32-42(46)26-18-9-7-11-20-28-49(51)54-38-48(37-53-36-39-22-16-13-17-23-39)55-50(52)29-21-12-8-10-19-27-43-33-47(43)35-45-31-41(45)25-15-6-4-2/h13,16-17,22-23,40-48H,3-12,14-15,18-21,24-38H2,1-2H3/t40?,41?,42?,43?,44?,45?,46?,47?,48-/m0/s1. The lowest BCUT2D eigenvalue weighted by Crippen LogP contribution is -2.29. The van der Waals surface area contributed by atoms with E-state index in [1.54, 1.807) is 0 Å². The summed E-state index contributed by atoms with van der Waals surface area (Å²) in [4.78, 5) is 25.4. The summed E-state index contributed by atoms with van der Waals surface area (Å²) >= 11 is 0. The topological polar surface area (TPSA) is 61.8 Å². The van der Waals surface area contributed by atoms with Crippen molar-refractivity contribution < 1.29 is 23.8 Å². The van der Waals surface area contributed by atoms with Crippen molar-refractivity contribution in [2.45, 2.75) is 206 Å². The largest absolute Gasteiger partial charge is 0.462 e. The third-order valence-electron chi connectivity index (χ3n) is 13.9. The Morgan fingerprint density at radius 2 is 0.964 bits per heavy atom. The van der Waals surface area contributed by atoms with Crippen molar-refractivity contribution in [1.82, 2.24) is 0 Å². The maximum atomic E-state index is 12.8. The summed E-state index contributed by atoms with van der Waals surface area (Å²) in [6.45, 7) is 5.33. The molecule has 0 radical (unpaired) electrons. The van der Waals surface area contributed by atoms with E-state index in [0.29, 0.717) is 19.4 Å². The molecule has 0 saturated heterocycles. The van der Waals surface area contributed by atoms with Gasteiger partial charge in [0, 0.05) is 12.8 Å². The lowest BCUT2D eigenvalue weighted by Gasteiger charge is -2.18. The van der Waals surface area contributed by atoms with Gasteiger partial charge >= 0.3 is 11.9 Å².